The van der Waals surface area contributed by atoms with Crippen LogP contribution < -0.4 is 15.5 Å². The van der Waals surface area contributed by atoms with E-state index in [0.29, 0.717) is 43.2 Å². The summed E-state index contributed by atoms with van der Waals surface area (Å²) >= 11 is 0. The van der Waals surface area contributed by atoms with Gasteiger partial charge in [0.15, 0.2) is 0 Å². The van der Waals surface area contributed by atoms with Crippen molar-refractivity contribution >= 4 is 29.4 Å². The van der Waals surface area contributed by atoms with Crippen molar-refractivity contribution < 1.29 is 19.1 Å². The number of rotatable bonds is 7. The molecule has 1 fully saturated rings. The summed E-state index contributed by atoms with van der Waals surface area (Å²) < 4.78 is 5.35. The normalized spacial score (nSPS) is 16.8. The first-order valence-corrected chi connectivity index (χ1v) is 10.2. The fourth-order valence-corrected chi connectivity index (χ4v) is 3.61. The molecular weight excluding hydrogens is 400 g/mol. The number of carbonyl (C=O) groups is 3. The molecule has 1 saturated heterocycles. The Morgan fingerprint density at radius 2 is 1.77 bits per heavy atom. The highest BCUT2D eigenvalue weighted by atomic mass is 16.5. The number of amides is 3. The van der Waals surface area contributed by atoms with Gasteiger partial charge in [0, 0.05) is 32.2 Å². The molecule has 3 heterocycles. The number of hydrogen-bond donors (Lipinski definition) is 2. The van der Waals surface area contributed by atoms with Gasteiger partial charge in [-0.05, 0) is 19.1 Å². The van der Waals surface area contributed by atoms with Crippen LogP contribution in [0.1, 0.15) is 27.6 Å². The summed E-state index contributed by atoms with van der Waals surface area (Å²) in [5.74, 6) is 0.187. The second-order valence-corrected chi connectivity index (χ2v) is 7.28. The Balaban J connectivity index is 1.27. The summed E-state index contributed by atoms with van der Waals surface area (Å²) in [5.41, 5.74) is 0.655. The van der Waals surface area contributed by atoms with Crippen LogP contribution in [0.25, 0.3) is 0 Å². The van der Waals surface area contributed by atoms with Crippen LogP contribution in [0, 0.1) is 0 Å². The van der Waals surface area contributed by atoms with E-state index in [0.717, 1.165) is 23.8 Å². The van der Waals surface area contributed by atoms with Gasteiger partial charge in [-0.2, -0.15) is 0 Å². The molecule has 0 saturated carbocycles. The summed E-state index contributed by atoms with van der Waals surface area (Å²) in [5, 5.41) is 5.91. The molecule has 1 aromatic carbocycles. The molecule has 10 heteroatoms. The maximum atomic E-state index is 12.5. The van der Waals surface area contributed by atoms with Gasteiger partial charge in [0.2, 0.25) is 5.91 Å². The zero-order valence-electron chi connectivity index (χ0n) is 17.2. The number of hydrogen-bond acceptors (Lipinski definition) is 8. The highest BCUT2D eigenvalue weighted by Crippen LogP contribution is 2.24. The standard InChI is InChI=1S/C21H24N6O4/c1-14(27-20(29)15-4-2-3-5-16(15)21(27)30)19(28)23-7-6-22-17-12-18(25-13-24-17)26-8-10-31-11-9-26/h2-5,12-14H,6-11H2,1H3,(H,23,28)(H,22,24,25). The third-order valence-corrected chi connectivity index (χ3v) is 5.31. The van der Waals surface area contributed by atoms with Crippen molar-refractivity contribution in [3.8, 4) is 0 Å². The van der Waals surface area contributed by atoms with Gasteiger partial charge in [-0.25, -0.2) is 9.97 Å². The lowest BCUT2D eigenvalue weighted by atomic mass is 10.1. The molecule has 162 valence electrons. The van der Waals surface area contributed by atoms with E-state index in [2.05, 4.69) is 25.5 Å². The van der Waals surface area contributed by atoms with E-state index >= 15 is 0 Å². The van der Waals surface area contributed by atoms with Gasteiger partial charge in [-0.3, -0.25) is 19.3 Å². The molecule has 2 aromatic rings. The highest BCUT2D eigenvalue weighted by molar-refractivity contribution is 6.22. The Hall–Kier alpha value is -3.53. The van der Waals surface area contributed by atoms with Crippen molar-refractivity contribution in [1.29, 1.82) is 0 Å². The molecule has 0 spiro atoms. The van der Waals surface area contributed by atoms with Crippen molar-refractivity contribution in [3.63, 3.8) is 0 Å². The number of imide groups is 1. The van der Waals surface area contributed by atoms with Crippen LogP contribution in [0.15, 0.2) is 36.7 Å². The van der Waals surface area contributed by atoms with Crippen LogP contribution in [0.2, 0.25) is 0 Å². The second-order valence-electron chi connectivity index (χ2n) is 7.28. The monoisotopic (exact) mass is 424 g/mol. The van der Waals surface area contributed by atoms with E-state index < -0.39 is 23.8 Å². The number of nitrogens with one attached hydrogen (secondary N) is 2. The zero-order valence-corrected chi connectivity index (χ0v) is 17.2. The highest BCUT2D eigenvalue weighted by Gasteiger charge is 2.40. The van der Waals surface area contributed by atoms with Gasteiger partial charge in [-0.15, -0.1) is 0 Å². The number of anilines is 2. The Morgan fingerprint density at radius 3 is 2.45 bits per heavy atom. The molecule has 31 heavy (non-hydrogen) atoms. The SMILES string of the molecule is CC(C(=O)NCCNc1cc(N2CCOCC2)ncn1)N1C(=O)c2ccccc2C1=O. The first kappa shape index (κ1) is 20.7. The van der Waals surface area contributed by atoms with Crippen LogP contribution in [-0.4, -0.2) is 78.0 Å². The first-order chi connectivity index (χ1) is 15.1. The minimum absolute atomic E-state index is 0.309. The molecule has 1 aromatic heterocycles. The largest absolute Gasteiger partial charge is 0.378 e. The lowest BCUT2D eigenvalue weighted by Gasteiger charge is -2.27. The fourth-order valence-electron chi connectivity index (χ4n) is 3.61. The van der Waals surface area contributed by atoms with Crippen LogP contribution in [0.3, 0.4) is 0 Å². The Bertz CT molecular complexity index is 956. The fraction of sp³-hybridized carbons (Fsp3) is 0.381. The van der Waals surface area contributed by atoms with Gasteiger partial charge < -0.3 is 20.3 Å². The third-order valence-electron chi connectivity index (χ3n) is 5.31. The van der Waals surface area contributed by atoms with Crippen molar-refractivity contribution in [1.82, 2.24) is 20.2 Å². The number of aromatic nitrogens is 2. The van der Waals surface area contributed by atoms with E-state index in [-0.39, 0.29) is 0 Å². The number of benzene rings is 1. The molecule has 2 aliphatic heterocycles. The Morgan fingerprint density at radius 1 is 1.10 bits per heavy atom. The van der Waals surface area contributed by atoms with Crippen molar-refractivity contribution in [2.75, 3.05) is 49.6 Å². The average Bonchev–Trinajstić information content (AvgIpc) is 3.07. The van der Waals surface area contributed by atoms with Gasteiger partial charge in [0.25, 0.3) is 11.8 Å². The van der Waals surface area contributed by atoms with Gasteiger partial charge in [0.05, 0.1) is 24.3 Å². The lowest BCUT2D eigenvalue weighted by molar-refractivity contribution is -0.124. The molecule has 0 aliphatic carbocycles. The molecule has 0 radical (unpaired) electrons. The summed E-state index contributed by atoms with van der Waals surface area (Å²) in [6, 6.07) is 7.53. The van der Waals surface area contributed by atoms with Crippen LogP contribution >= 0.6 is 0 Å². The molecular formula is C21H24N6O4. The molecule has 1 unspecified atom stereocenters. The number of morpholine rings is 1. The van der Waals surface area contributed by atoms with Gasteiger partial charge >= 0.3 is 0 Å². The number of carbonyl (C=O) groups excluding carboxylic acids is 3. The topological polar surface area (TPSA) is 117 Å². The van der Waals surface area contributed by atoms with E-state index in [1.165, 1.54) is 6.33 Å². The maximum absolute atomic E-state index is 12.5. The van der Waals surface area contributed by atoms with Crippen molar-refractivity contribution in [3.05, 3.63) is 47.8 Å². The van der Waals surface area contributed by atoms with E-state index in [4.69, 9.17) is 4.74 Å². The molecule has 2 aliphatic rings. The van der Waals surface area contributed by atoms with Crippen LogP contribution in [0.5, 0.6) is 0 Å². The predicted octanol–water partition coefficient (Wildman–Crippen LogP) is 0.526. The van der Waals surface area contributed by atoms with Crippen molar-refractivity contribution in [2.45, 2.75) is 13.0 Å². The average molecular weight is 424 g/mol. The lowest BCUT2D eigenvalue weighted by Crippen LogP contribution is -2.48. The zero-order chi connectivity index (χ0) is 21.8. The maximum Gasteiger partial charge on any atom is 0.262 e. The molecule has 2 N–H and O–H groups in total. The molecule has 10 nitrogen and oxygen atoms in total. The number of fused-ring (bicyclic) bond motifs is 1. The molecule has 4 rings (SSSR count). The Kier molecular flexibility index (Phi) is 6.08. The van der Waals surface area contributed by atoms with Crippen LogP contribution in [0.4, 0.5) is 11.6 Å². The molecule has 3 amide bonds. The number of ether oxygens (including phenoxy) is 1. The summed E-state index contributed by atoms with van der Waals surface area (Å²) in [4.78, 5) is 49.2. The molecule has 1 atom stereocenters. The van der Waals surface area contributed by atoms with Crippen molar-refractivity contribution in [2.24, 2.45) is 0 Å². The predicted molar refractivity (Wildman–Crippen MR) is 113 cm³/mol. The smallest absolute Gasteiger partial charge is 0.262 e. The molecule has 0 bridgehead atoms. The Labute approximate surface area is 179 Å². The van der Waals surface area contributed by atoms with Gasteiger partial charge in [-0.1, -0.05) is 12.1 Å². The first-order valence-electron chi connectivity index (χ1n) is 10.2. The van der Waals surface area contributed by atoms with E-state index in [1.54, 1.807) is 31.2 Å². The van der Waals surface area contributed by atoms with E-state index in [1.807, 2.05) is 6.07 Å². The minimum Gasteiger partial charge on any atom is -0.378 e. The minimum atomic E-state index is -0.903. The van der Waals surface area contributed by atoms with Gasteiger partial charge in [0.1, 0.15) is 24.0 Å². The quantitative estimate of drug-likeness (QED) is 0.488. The van der Waals surface area contributed by atoms with Crippen LogP contribution in [-0.2, 0) is 9.53 Å². The third kappa shape index (κ3) is 4.33. The number of nitrogens with zero attached hydrogens (tertiary/aromatic N) is 4. The summed E-state index contributed by atoms with van der Waals surface area (Å²) in [6.07, 6.45) is 1.50. The second kappa shape index (κ2) is 9.09. The summed E-state index contributed by atoms with van der Waals surface area (Å²) in [6.45, 7) is 5.19. The summed E-state index contributed by atoms with van der Waals surface area (Å²) in [7, 11) is 0. The van der Waals surface area contributed by atoms with E-state index in [9.17, 15) is 14.4 Å².